The number of phenolic OH excluding ortho intramolecular Hbond substituents is 1. The molecule has 0 aliphatic heterocycles. The number of aromatic hydroxyl groups is 1. The van der Waals surface area contributed by atoms with Gasteiger partial charge in [0, 0.05) is 12.1 Å². The van der Waals surface area contributed by atoms with Crippen molar-refractivity contribution in [3.8, 4) is 5.75 Å². The molecule has 0 atom stereocenters. The molecular weight excluding hydrogens is 202 g/mol. The zero-order valence-corrected chi connectivity index (χ0v) is 9.45. The van der Waals surface area contributed by atoms with E-state index in [1.165, 1.54) is 12.8 Å². The Morgan fingerprint density at radius 1 is 1.12 bits per heavy atom. The summed E-state index contributed by atoms with van der Waals surface area (Å²) >= 11 is 0. The van der Waals surface area contributed by atoms with Crippen molar-refractivity contribution in [2.24, 2.45) is 0 Å². The summed E-state index contributed by atoms with van der Waals surface area (Å²) < 4.78 is 0. The molecule has 2 rings (SSSR count). The maximum atomic E-state index is 9.44. The van der Waals surface area contributed by atoms with E-state index in [4.69, 9.17) is 0 Å². The summed E-state index contributed by atoms with van der Waals surface area (Å²) in [5.41, 5.74) is 1.07. The molecule has 0 spiro atoms. The summed E-state index contributed by atoms with van der Waals surface area (Å²) in [6, 6.07) is 7.19. The number of rotatable bonds is 4. The van der Waals surface area contributed by atoms with E-state index in [1.54, 1.807) is 12.1 Å². The molecular formula is C13H19NO2. The zero-order valence-electron chi connectivity index (χ0n) is 9.45. The first-order valence-electron chi connectivity index (χ1n) is 5.88. The molecule has 16 heavy (non-hydrogen) atoms. The lowest BCUT2D eigenvalue weighted by Gasteiger charge is -2.28. The Morgan fingerprint density at radius 2 is 1.75 bits per heavy atom. The zero-order chi connectivity index (χ0) is 11.4. The molecule has 1 aromatic carbocycles. The van der Waals surface area contributed by atoms with Gasteiger partial charge in [0.25, 0.3) is 0 Å². The second-order valence-electron chi connectivity index (χ2n) is 4.67. The van der Waals surface area contributed by atoms with E-state index in [0.717, 1.165) is 24.9 Å². The monoisotopic (exact) mass is 221 g/mol. The minimum atomic E-state index is -0.0715. The molecule has 0 radical (unpaired) electrons. The number of hydrogen-bond donors (Lipinski definition) is 3. The van der Waals surface area contributed by atoms with E-state index in [0.29, 0.717) is 5.75 Å². The van der Waals surface area contributed by atoms with Crippen LogP contribution in [0.4, 0.5) is 0 Å². The van der Waals surface area contributed by atoms with Gasteiger partial charge < -0.3 is 15.5 Å². The van der Waals surface area contributed by atoms with Gasteiger partial charge >= 0.3 is 0 Å². The fourth-order valence-electron chi connectivity index (χ4n) is 2.35. The molecule has 3 nitrogen and oxygen atoms in total. The molecule has 3 heteroatoms. The summed E-state index contributed by atoms with van der Waals surface area (Å²) in [5, 5.41) is 22.1. The van der Waals surface area contributed by atoms with E-state index in [-0.39, 0.29) is 12.1 Å². The van der Waals surface area contributed by atoms with Crippen molar-refractivity contribution in [3.63, 3.8) is 0 Å². The van der Waals surface area contributed by atoms with E-state index in [2.05, 4.69) is 5.32 Å². The van der Waals surface area contributed by atoms with Crippen LogP contribution in [0.5, 0.6) is 5.75 Å². The molecule has 0 heterocycles. The second kappa shape index (κ2) is 4.85. The number of aliphatic hydroxyl groups is 1. The largest absolute Gasteiger partial charge is 0.508 e. The Bertz CT molecular complexity index is 328. The van der Waals surface area contributed by atoms with Gasteiger partial charge in [-0.15, -0.1) is 0 Å². The molecule has 0 aromatic heterocycles. The molecule has 0 unspecified atom stereocenters. The SMILES string of the molecule is OCC1(NCc2ccc(O)cc2)CCCC1. The number of nitrogens with one attached hydrogen (secondary N) is 1. The van der Waals surface area contributed by atoms with Gasteiger partial charge in [0.1, 0.15) is 5.75 Å². The Hall–Kier alpha value is -1.06. The van der Waals surface area contributed by atoms with Crippen LogP contribution >= 0.6 is 0 Å². The smallest absolute Gasteiger partial charge is 0.115 e. The molecule has 1 saturated carbocycles. The van der Waals surface area contributed by atoms with Crippen LogP contribution < -0.4 is 5.32 Å². The Labute approximate surface area is 96.1 Å². The molecule has 1 aliphatic rings. The maximum Gasteiger partial charge on any atom is 0.115 e. The molecule has 0 amide bonds. The first kappa shape index (κ1) is 11.4. The summed E-state index contributed by atoms with van der Waals surface area (Å²) in [7, 11) is 0. The van der Waals surface area contributed by atoms with Crippen LogP contribution in [-0.2, 0) is 6.54 Å². The lowest BCUT2D eigenvalue weighted by Crippen LogP contribution is -2.45. The van der Waals surface area contributed by atoms with E-state index in [1.807, 2.05) is 12.1 Å². The number of hydrogen-bond acceptors (Lipinski definition) is 3. The van der Waals surface area contributed by atoms with Crippen LogP contribution in [0.15, 0.2) is 24.3 Å². The van der Waals surface area contributed by atoms with Gasteiger partial charge in [0.15, 0.2) is 0 Å². The molecule has 88 valence electrons. The molecule has 1 aliphatic carbocycles. The average molecular weight is 221 g/mol. The van der Waals surface area contributed by atoms with Crippen molar-refractivity contribution < 1.29 is 10.2 Å². The van der Waals surface area contributed by atoms with Crippen molar-refractivity contribution in [3.05, 3.63) is 29.8 Å². The fourth-order valence-corrected chi connectivity index (χ4v) is 2.35. The van der Waals surface area contributed by atoms with Crippen LogP contribution in [0.2, 0.25) is 0 Å². The third-order valence-electron chi connectivity index (χ3n) is 3.47. The minimum absolute atomic E-state index is 0.0715. The fraction of sp³-hybridized carbons (Fsp3) is 0.538. The van der Waals surface area contributed by atoms with Gasteiger partial charge in [-0.05, 0) is 30.5 Å². The summed E-state index contributed by atoms with van der Waals surface area (Å²) in [6.45, 7) is 0.964. The van der Waals surface area contributed by atoms with Gasteiger partial charge in [-0.2, -0.15) is 0 Å². The summed E-state index contributed by atoms with van der Waals surface area (Å²) in [6.07, 6.45) is 4.51. The van der Waals surface area contributed by atoms with Crippen molar-refractivity contribution in [2.45, 2.75) is 37.8 Å². The first-order chi connectivity index (χ1) is 7.74. The van der Waals surface area contributed by atoms with Gasteiger partial charge in [0.2, 0.25) is 0 Å². The predicted molar refractivity (Wildman–Crippen MR) is 63.2 cm³/mol. The quantitative estimate of drug-likeness (QED) is 0.726. The Kier molecular flexibility index (Phi) is 3.46. The maximum absolute atomic E-state index is 9.44. The van der Waals surface area contributed by atoms with Crippen LogP contribution in [0.25, 0.3) is 0 Å². The topological polar surface area (TPSA) is 52.5 Å². The van der Waals surface area contributed by atoms with Crippen molar-refractivity contribution >= 4 is 0 Å². The van der Waals surface area contributed by atoms with E-state index >= 15 is 0 Å². The van der Waals surface area contributed by atoms with Crippen LogP contribution in [0.1, 0.15) is 31.2 Å². The van der Waals surface area contributed by atoms with Crippen molar-refractivity contribution in [1.29, 1.82) is 0 Å². The first-order valence-corrected chi connectivity index (χ1v) is 5.88. The molecule has 0 saturated heterocycles. The molecule has 1 fully saturated rings. The number of phenols is 1. The molecule has 1 aromatic rings. The third kappa shape index (κ3) is 2.54. The average Bonchev–Trinajstić information content (AvgIpc) is 2.78. The van der Waals surface area contributed by atoms with Gasteiger partial charge in [-0.25, -0.2) is 0 Å². The second-order valence-corrected chi connectivity index (χ2v) is 4.67. The van der Waals surface area contributed by atoms with Crippen LogP contribution in [0, 0.1) is 0 Å². The highest BCUT2D eigenvalue weighted by Gasteiger charge is 2.32. The molecule has 0 bridgehead atoms. The van der Waals surface area contributed by atoms with Gasteiger partial charge in [-0.1, -0.05) is 25.0 Å². The third-order valence-corrected chi connectivity index (χ3v) is 3.47. The van der Waals surface area contributed by atoms with Gasteiger partial charge in [-0.3, -0.25) is 0 Å². The predicted octanol–water partition coefficient (Wildman–Crippen LogP) is 1.79. The van der Waals surface area contributed by atoms with E-state index < -0.39 is 0 Å². The number of benzene rings is 1. The highest BCUT2D eigenvalue weighted by atomic mass is 16.3. The van der Waals surface area contributed by atoms with Crippen LogP contribution in [-0.4, -0.2) is 22.4 Å². The van der Waals surface area contributed by atoms with E-state index in [9.17, 15) is 10.2 Å². The highest BCUT2D eigenvalue weighted by Crippen LogP contribution is 2.29. The lowest BCUT2D eigenvalue weighted by atomic mass is 9.98. The van der Waals surface area contributed by atoms with Crippen LogP contribution in [0.3, 0.4) is 0 Å². The molecule has 3 N–H and O–H groups in total. The van der Waals surface area contributed by atoms with Gasteiger partial charge in [0.05, 0.1) is 6.61 Å². The van der Waals surface area contributed by atoms with Crippen molar-refractivity contribution in [1.82, 2.24) is 5.32 Å². The normalized spacial score (nSPS) is 18.8. The summed E-state index contributed by atoms with van der Waals surface area (Å²) in [4.78, 5) is 0. The highest BCUT2D eigenvalue weighted by molar-refractivity contribution is 5.25. The minimum Gasteiger partial charge on any atom is -0.508 e. The lowest BCUT2D eigenvalue weighted by molar-refractivity contribution is 0.163. The summed E-state index contributed by atoms with van der Waals surface area (Å²) in [5.74, 6) is 0.293. The standard InChI is InChI=1S/C13H19NO2/c15-10-13(7-1-2-8-13)14-9-11-3-5-12(16)6-4-11/h3-6,14-16H,1-2,7-10H2. The Balaban J connectivity index is 1.93. The Morgan fingerprint density at radius 3 is 2.31 bits per heavy atom. The number of aliphatic hydroxyl groups excluding tert-OH is 1. The van der Waals surface area contributed by atoms with Crippen molar-refractivity contribution in [2.75, 3.05) is 6.61 Å².